The molecule has 2 N–H and O–H groups in total. The highest BCUT2D eigenvalue weighted by molar-refractivity contribution is 8.76. The predicted octanol–water partition coefficient (Wildman–Crippen LogP) is 2.83. The van der Waals surface area contributed by atoms with E-state index in [1.165, 1.54) is 46.2 Å². The molecule has 2 heterocycles. The summed E-state index contributed by atoms with van der Waals surface area (Å²) in [6.07, 6.45) is 2.38. The van der Waals surface area contributed by atoms with Gasteiger partial charge in [-0.05, 0) is 21.6 Å². The van der Waals surface area contributed by atoms with Gasteiger partial charge in [0.15, 0.2) is 32.3 Å². The predicted molar refractivity (Wildman–Crippen MR) is 67.2 cm³/mol. The monoisotopic (exact) mass is 326 g/mol. The summed E-state index contributed by atoms with van der Waals surface area (Å²) in [6, 6.07) is 2.86. The van der Waals surface area contributed by atoms with Crippen molar-refractivity contribution in [3.8, 4) is 0 Å². The summed E-state index contributed by atoms with van der Waals surface area (Å²) in [5.74, 6) is 0. The van der Waals surface area contributed by atoms with Crippen LogP contribution in [0.4, 0.5) is 0 Å². The van der Waals surface area contributed by atoms with Gasteiger partial charge >= 0.3 is 0 Å². The highest BCUT2D eigenvalue weighted by Gasteiger charge is 2.11. The summed E-state index contributed by atoms with van der Waals surface area (Å²) in [5.41, 5.74) is 0. The van der Waals surface area contributed by atoms with Gasteiger partial charge in [-0.1, -0.05) is 0 Å². The van der Waals surface area contributed by atoms with Crippen molar-refractivity contribution in [2.75, 3.05) is 0 Å². The van der Waals surface area contributed by atoms with Gasteiger partial charge in [0.2, 0.25) is 0 Å². The Morgan fingerprint density at radius 2 is 1.28 bits per heavy atom. The second-order valence-corrected chi connectivity index (χ2v) is 6.95. The fourth-order valence-corrected chi connectivity index (χ4v) is 3.49. The molecular formula is C8H6O6S4. The molecular weight excluding hydrogens is 320 g/mol. The Hall–Kier alpha value is -0.520. The van der Waals surface area contributed by atoms with E-state index in [2.05, 4.69) is 0 Å². The molecule has 0 spiro atoms. The fourth-order valence-electron chi connectivity index (χ4n) is 0.953. The summed E-state index contributed by atoms with van der Waals surface area (Å²) in [6.45, 7) is 0. The van der Waals surface area contributed by atoms with E-state index in [-0.39, 0.29) is 9.79 Å². The van der Waals surface area contributed by atoms with Crippen LogP contribution in [0.1, 0.15) is 0 Å². The van der Waals surface area contributed by atoms with Crippen LogP contribution in [0.2, 0.25) is 0 Å². The minimum Gasteiger partial charge on any atom is -0.456 e. The molecule has 2 rings (SSSR count). The highest BCUT2D eigenvalue weighted by atomic mass is 33.1. The number of hydrogen-bond donors (Lipinski definition) is 2. The standard InChI is InChI=1S/C8H6O6S4/c9-17(10)5-1-7(13-3-5)15-16-8-2-6(4-14-8)18(11)12/h1-4H,(H,9,10)(H,11,12). The van der Waals surface area contributed by atoms with Crippen molar-refractivity contribution in [3.05, 3.63) is 24.7 Å². The molecule has 18 heavy (non-hydrogen) atoms. The van der Waals surface area contributed by atoms with Gasteiger partial charge in [0.25, 0.3) is 0 Å². The minimum atomic E-state index is -2.07. The number of furan rings is 2. The Morgan fingerprint density at radius 3 is 1.56 bits per heavy atom. The van der Waals surface area contributed by atoms with Gasteiger partial charge in [-0.25, -0.2) is 8.42 Å². The van der Waals surface area contributed by atoms with Gasteiger partial charge in [-0.15, -0.1) is 0 Å². The lowest BCUT2D eigenvalue weighted by molar-refractivity contribution is 0.468. The van der Waals surface area contributed by atoms with Crippen molar-refractivity contribution in [1.29, 1.82) is 0 Å². The van der Waals surface area contributed by atoms with Crippen LogP contribution < -0.4 is 0 Å². The molecule has 0 radical (unpaired) electrons. The molecule has 2 atom stereocenters. The van der Waals surface area contributed by atoms with E-state index < -0.39 is 22.2 Å². The van der Waals surface area contributed by atoms with Crippen LogP contribution in [0.5, 0.6) is 0 Å². The quantitative estimate of drug-likeness (QED) is 0.639. The fraction of sp³-hybridized carbons (Fsp3) is 0. The highest BCUT2D eigenvalue weighted by Crippen LogP contribution is 2.39. The first kappa shape index (κ1) is 13.9. The van der Waals surface area contributed by atoms with E-state index in [9.17, 15) is 8.42 Å². The second kappa shape index (κ2) is 6.08. The van der Waals surface area contributed by atoms with Crippen molar-refractivity contribution >= 4 is 43.7 Å². The zero-order valence-corrected chi connectivity index (χ0v) is 11.7. The molecule has 0 amide bonds. The summed E-state index contributed by atoms with van der Waals surface area (Å²) in [4.78, 5) is 0.351. The van der Waals surface area contributed by atoms with Crippen molar-refractivity contribution in [3.63, 3.8) is 0 Å². The van der Waals surface area contributed by atoms with Crippen LogP contribution in [0.3, 0.4) is 0 Å². The summed E-state index contributed by atoms with van der Waals surface area (Å²) in [5, 5.41) is 0.862. The van der Waals surface area contributed by atoms with E-state index in [0.717, 1.165) is 0 Å². The van der Waals surface area contributed by atoms with E-state index in [1.807, 2.05) is 0 Å². The molecule has 0 aliphatic carbocycles. The molecule has 0 bridgehead atoms. The lowest BCUT2D eigenvalue weighted by Crippen LogP contribution is -1.82. The van der Waals surface area contributed by atoms with E-state index in [1.54, 1.807) is 0 Å². The van der Waals surface area contributed by atoms with Crippen LogP contribution in [0, 0.1) is 0 Å². The maximum absolute atomic E-state index is 10.7. The lowest BCUT2D eigenvalue weighted by atomic mass is 10.7. The van der Waals surface area contributed by atoms with Crippen LogP contribution in [-0.2, 0) is 22.2 Å². The second-order valence-electron chi connectivity index (χ2n) is 2.87. The Balaban J connectivity index is 1.97. The third kappa shape index (κ3) is 3.49. The third-order valence-corrected chi connectivity index (χ3v) is 5.02. The van der Waals surface area contributed by atoms with E-state index >= 15 is 0 Å². The van der Waals surface area contributed by atoms with Crippen LogP contribution in [0.15, 0.2) is 53.5 Å². The zero-order valence-electron chi connectivity index (χ0n) is 8.47. The summed E-state index contributed by atoms with van der Waals surface area (Å²) < 4.78 is 49.1. The number of hydrogen-bond acceptors (Lipinski definition) is 6. The smallest absolute Gasteiger partial charge is 0.189 e. The number of rotatable bonds is 5. The van der Waals surface area contributed by atoms with Gasteiger partial charge in [0, 0.05) is 12.1 Å². The molecule has 2 unspecified atom stereocenters. The van der Waals surface area contributed by atoms with Crippen molar-refractivity contribution in [2.45, 2.75) is 20.0 Å². The van der Waals surface area contributed by atoms with Gasteiger partial charge in [0.05, 0.1) is 0 Å². The molecule has 98 valence electrons. The average Bonchev–Trinajstić information content (AvgIpc) is 2.95. The first-order chi connectivity index (χ1) is 8.56. The van der Waals surface area contributed by atoms with Crippen molar-refractivity contribution in [1.82, 2.24) is 0 Å². The Morgan fingerprint density at radius 1 is 0.889 bits per heavy atom. The van der Waals surface area contributed by atoms with Gasteiger partial charge in [0.1, 0.15) is 22.3 Å². The van der Waals surface area contributed by atoms with Gasteiger partial charge in [-0.2, -0.15) is 0 Å². The first-order valence-corrected chi connectivity index (χ1v) is 8.66. The lowest BCUT2D eigenvalue weighted by Gasteiger charge is -1.91. The largest absolute Gasteiger partial charge is 0.456 e. The normalized spacial score (nSPS) is 14.6. The topological polar surface area (TPSA) is 101 Å². The maximum atomic E-state index is 10.7. The van der Waals surface area contributed by atoms with Crippen LogP contribution >= 0.6 is 21.6 Å². The molecule has 0 saturated carbocycles. The minimum absolute atomic E-state index is 0.176. The van der Waals surface area contributed by atoms with Crippen LogP contribution in [-0.4, -0.2) is 17.5 Å². The van der Waals surface area contributed by atoms with Crippen molar-refractivity contribution < 1.29 is 26.4 Å². The molecule has 0 aliphatic heterocycles. The van der Waals surface area contributed by atoms with Gasteiger partial charge in [-0.3, -0.25) is 0 Å². The Labute approximate surface area is 114 Å². The molecule has 10 heteroatoms. The molecule has 0 aromatic carbocycles. The third-order valence-electron chi connectivity index (χ3n) is 1.71. The zero-order chi connectivity index (χ0) is 13.1. The molecule has 0 aliphatic rings. The molecule has 6 nitrogen and oxygen atoms in total. The van der Waals surface area contributed by atoms with Crippen LogP contribution in [0.25, 0.3) is 0 Å². The van der Waals surface area contributed by atoms with E-state index in [0.29, 0.717) is 10.2 Å². The Kier molecular flexibility index (Phi) is 4.70. The SMILES string of the molecule is O=S(O)c1coc(SSc2cc(S(=O)O)co2)c1. The Bertz CT molecular complexity index is 536. The average molecular weight is 326 g/mol. The molecule has 2 aromatic heterocycles. The van der Waals surface area contributed by atoms with E-state index in [4.69, 9.17) is 17.9 Å². The summed E-state index contributed by atoms with van der Waals surface area (Å²) >= 11 is -4.14. The first-order valence-electron chi connectivity index (χ1n) is 4.29. The maximum Gasteiger partial charge on any atom is 0.189 e. The molecule has 0 saturated heterocycles. The molecule has 0 fully saturated rings. The van der Waals surface area contributed by atoms with Crippen molar-refractivity contribution in [2.24, 2.45) is 0 Å². The molecule has 2 aromatic rings. The van der Waals surface area contributed by atoms with Gasteiger partial charge < -0.3 is 17.9 Å². The summed E-state index contributed by atoms with van der Waals surface area (Å²) in [7, 11) is 2.33.